The van der Waals surface area contributed by atoms with Crippen LogP contribution in [0.15, 0.2) is 30.6 Å². The van der Waals surface area contributed by atoms with Gasteiger partial charge in [-0.3, -0.25) is 9.48 Å². The zero-order valence-electron chi connectivity index (χ0n) is 14.0. The van der Waals surface area contributed by atoms with Crippen molar-refractivity contribution in [2.24, 2.45) is 0 Å². The second-order valence-electron chi connectivity index (χ2n) is 5.37. The predicted molar refractivity (Wildman–Crippen MR) is 87.9 cm³/mol. The standard InChI is InChI=1S/C17H23N3O3/c1-12-10-19-20(11-12)13(2)17(21)18-9-8-14-6-5-7-15(22-3)16(14)23-4/h5-7,10-11,13H,8-9H2,1-4H3,(H,18,21)/t13-/m1/s1. The summed E-state index contributed by atoms with van der Waals surface area (Å²) in [5, 5.41) is 7.10. The normalized spacial score (nSPS) is 11.8. The lowest BCUT2D eigenvalue weighted by molar-refractivity contribution is -0.124. The van der Waals surface area contributed by atoms with Crippen molar-refractivity contribution in [3.63, 3.8) is 0 Å². The fourth-order valence-electron chi connectivity index (χ4n) is 2.38. The maximum Gasteiger partial charge on any atom is 0.244 e. The maximum absolute atomic E-state index is 12.2. The molecule has 2 rings (SSSR count). The van der Waals surface area contributed by atoms with Gasteiger partial charge in [-0.2, -0.15) is 5.10 Å². The van der Waals surface area contributed by atoms with Crippen LogP contribution in [0.25, 0.3) is 0 Å². The third kappa shape index (κ3) is 4.03. The van der Waals surface area contributed by atoms with Crippen LogP contribution in [-0.2, 0) is 11.2 Å². The van der Waals surface area contributed by atoms with Crippen molar-refractivity contribution in [2.75, 3.05) is 20.8 Å². The van der Waals surface area contributed by atoms with Gasteiger partial charge in [0.2, 0.25) is 5.91 Å². The van der Waals surface area contributed by atoms with Gasteiger partial charge in [0.05, 0.1) is 20.4 Å². The van der Waals surface area contributed by atoms with Crippen LogP contribution in [0.4, 0.5) is 0 Å². The number of methoxy groups -OCH3 is 2. The van der Waals surface area contributed by atoms with Gasteiger partial charge in [-0.05, 0) is 37.5 Å². The van der Waals surface area contributed by atoms with Crippen molar-refractivity contribution in [2.45, 2.75) is 26.3 Å². The molecule has 1 amide bonds. The average Bonchev–Trinajstić information content (AvgIpc) is 3.00. The molecule has 0 aliphatic carbocycles. The van der Waals surface area contributed by atoms with Gasteiger partial charge in [0, 0.05) is 12.7 Å². The molecule has 6 heteroatoms. The summed E-state index contributed by atoms with van der Waals surface area (Å²) in [7, 11) is 3.22. The summed E-state index contributed by atoms with van der Waals surface area (Å²) in [4.78, 5) is 12.2. The molecule has 1 N–H and O–H groups in total. The highest BCUT2D eigenvalue weighted by Crippen LogP contribution is 2.30. The highest BCUT2D eigenvalue weighted by atomic mass is 16.5. The van der Waals surface area contributed by atoms with E-state index in [1.165, 1.54) is 0 Å². The molecule has 0 saturated carbocycles. The molecule has 0 saturated heterocycles. The molecule has 2 aromatic rings. The molecular formula is C17H23N3O3. The molecule has 0 unspecified atom stereocenters. The molecule has 1 aromatic heterocycles. The van der Waals surface area contributed by atoms with Crippen molar-refractivity contribution in [1.82, 2.24) is 15.1 Å². The van der Waals surface area contributed by atoms with Crippen molar-refractivity contribution >= 4 is 5.91 Å². The van der Waals surface area contributed by atoms with E-state index in [0.29, 0.717) is 24.5 Å². The number of nitrogens with zero attached hydrogens (tertiary/aromatic N) is 2. The number of nitrogens with one attached hydrogen (secondary N) is 1. The summed E-state index contributed by atoms with van der Waals surface area (Å²) < 4.78 is 12.3. The zero-order chi connectivity index (χ0) is 16.8. The van der Waals surface area contributed by atoms with Crippen molar-refractivity contribution < 1.29 is 14.3 Å². The number of amides is 1. The third-order valence-corrected chi connectivity index (χ3v) is 3.68. The first-order chi connectivity index (χ1) is 11.1. The lowest BCUT2D eigenvalue weighted by Gasteiger charge is -2.15. The summed E-state index contributed by atoms with van der Waals surface area (Å²) in [5.74, 6) is 1.34. The van der Waals surface area contributed by atoms with E-state index < -0.39 is 0 Å². The first kappa shape index (κ1) is 16.9. The number of benzene rings is 1. The SMILES string of the molecule is COc1cccc(CCNC(=O)[C@@H](C)n2cc(C)cn2)c1OC. The predicted octanol–water partition coefficient (Wildman–Crippen LogP) is 2.13. The average molecular weight is 317 g/mol. The highest BCUT2D eigenvalue weighted by molar-refractivity contribution is 5.79. The Morgan fingerprint density at radius 2 is 2.13 bits per heavy atom. The van der Waals surface area contributed by atoms with E-state index in [2.05, 4.69) is 10.4 Å². The monoisotopic (exact) mass is 317 g/mol. The molecule has 23 heavy (non-hydrogen) atoms. The Kier molecular flexibility index (Phi) is 5.62. The summed E-state index contributed by atoms with van der Waals surface area (Å²) in [6, 6.07) is 5.39. The minimum absolute atomic E-state index is 0.0602. The minimum atomic E-state index is -0.337. The zero-order valence-corrected chi connectivity index (χ0v) is 14.0. The molecule has 1 atom stereocenters. The number of aromatic nitrogens is 2. The van der Waals surface area contributed by atoms with Gasteiger partial charge in [0.15, 0.2) is 11.5 Å². The Hall–Kier alpha value is -2.50. The van der Waals surface area contributed by atoms with Crippen LogP contribution in [0.5, 0.6) is 11.5 Å². The summed E-state index contributed by atoms with van der Waals surface area (Å²) in [6.07, 6.45) is 4.26. The Bertz CT molecular complexity index is 667. The number of carbonyl (C=O) groups is 1. The lowest BCUT2D eigenvalue weighted by atomic mass is 10.1. The van der Waals surface area contributed by atoms with E-state index in [4.69, 9.17) is 9.47 Å². The van der Waals surface area contributed by atoms with E-state index in [1.807, 2.05) is 38.2 Å². The molecule has 0 aliphatic rings. The van der Waals surface area contributed by atoms with Crippen LogP contribution < -0.4 is 14.8 Å². The summed E-state index contributed by atoms with van der Waals surface area (Å²) >= 11 is 0. The van der Waals surface area contributed by atoms with Gasteiger partial charge in [0.25, 0.3) is 0 Å². The number of rotatable bonds is 7. The van der Waals surface area contributed by atoms with Crippen LogP contribution in [0.1, 0.15) is 24.1 Å². The van der Waals surface area contributed by atoms with Gasteiger partial charge < -0.3 is 14.8 Å². The molecule has 1 heterocycles. The number of para-hydroxylation sites is 1. The van der Waals surface area contributed by atoms with E-state index in [1.54, 1.807) is 25.1 Å². The Morgan fingerprint density at radius 3 is 2.74 bits per heavy atom. The third-order valence-electron chi connectivity index (χ3n) is 3.68. The summed E-state index contributed by atoms with van der Waals surface area (Å²) in [6.45, 7) is 4.30. The fraction of sp³-hybridized carbons (Fsp3) is 0.412. The molecule has 6 nitrogen and oxygen atoms in total. The van der Waals surface area contributed by atoms with Crippen molar-refractivity contribution in [1.29, 1.82) is 0 Å². The maximum atomic E-state index is 12.2. The van der Waals surface area contributed by atoms with E-state index in [0.717, 1.165) is 11.1 Å². The van der Waals surface area contributed by atoms with Gasteiger partial charge >= 0.3 is 0 Å². The van der Waals surface area contributed by atoms with Crippen LogP contribution in [-0.4, -0.2) is 36.5 Å². The Labute approximate surface area is 136 Å². The molecule has 0 spiro atoms. The van der Waals surface area contributed by atoms with E-state index in [-0.39, 0.29) is 11.9 Å². The smallest absolute Gasteiger partial charge is 0.244 e. The second kappa shape index (κ2) is 7.67. The molecule has 124 valence electrons. The number of hydrogen-bond acceptors (Lipinski definition) is 4. The molecule has 0 aliphatic heterocycles. The van der Waals surface area contributed by atoms with Crippen LogP contribution in [0, 0.1) is 6.92 Å². The van der Waals surface area contributed by atoms with Gasteiger partial charge in [-0.15, -0.1) is 0 Å². The lowest BCUT2D eigenvalue weighted by Crippen LogP contribution is -2.32. The quantitative estimate of drug-likeness (QED) is 0.849. The number of carbonyl (C=O) groups excluding carboxylic acids is 1. The Morgan fingerprint density at radius 1 is 1.35 bits per heavy atom. The number of aryl methyl sites for hydroxylation is 1. The molecular weight excluding hydrogens is 294 g/mol. The first-order valence-corrected chi connectivity index (χ1v) is 7.55. The number of hydrogen-bond donors (Lipinski definition) is 1. The Balaban J connectivity index is 1.93. The molecule has 0 fully saturated rings. The van der Waals surface area contributed by atoms with Crippen molar-refractivity contribution in [3.8, 4) is 11.5 Å². The molecule has 1 aromatic carbocycles. The molecule has 0 radical (unpaired) electrons. The topological polar surface area (TPSA) is 65.4 Å². The minimum Gasteiger partial charge on any atom is -0.493 e. The van der Waals surface area contributed by atoms with Crippen molar-refractivity contribution in [3.05, 3.63) is 41.7 Å². The molecule has 0 bridgehead atoms. The largest absolute Gasteiger partial charge is 0.493 e. The van der Waals surface area contributed by atoms with E-state index >= 15 is 0 Å². The summed E-state index contributed by atoms with van der Waals surface area (Å²) in [5.41, 5.74) is 2.03. The van der Waals surface area contributed by atoms with Crippen LogP contribution in [0.2, 0.25) is 0 Å². The van der Waals surface area contributed by atoms with Crippen LogP contribution in [0.3, 0.4) is 0 Å². The van der Waals surface area contributed by atoms with Gasteiger partial charge in [-0.1, -0.05) is 12.1 Å². The van der Waals surface area contributed by atoms with Gasteiger partial charge in [-0.25, -0.2) is 0 Å². The first-order valence-electron chi connectivity index (χ1n) is 7.55. The van der Waals surface area contributed by atoms with Crippen LogP contribution >= 0.6 is 0 Å². The van der Waals surface area contributed by atoms with Gasteiger partial charge in [0.1, 0.15) is 6.04 Å². The number of ether oxygens (including phenoxy) is 2. The fourth-order valence-corrected chi connectivity index (χ4v) is 2.38. The highest BCUT2D eigenvalue weighted by Gasteiger charge is 2.15. The van der Waals surface area contributed by atoms with E-state index in [9.17, 15) is 4.79 Å². The second-order valence-corrected chi connectivity index (χ2v) is 5.37.